The molecule has 0 radical (unpaired) electrons. The first-order valence-corrected chi connectivity index (χ1v) is 7.15. The number of carboxylic acid groups (broad SMARTS) is 1. The molecule has 1 aliphatic rings. The Kier molecular flexibility index (Phi) is 3.53. The summed E-state index contributed by atoms with van der Waals surface area (Å²) in [7, 11) is -0.151. The van der Waals surface area contributed by atoms with Crippen molar-refractivity contribution in [3.8, 4) is 0 Å². The zero-order valence-electron chi connectivity index (χ0n) is 10.9. The summed E-state index contributed by atoms with van der Waals surface area (Å²) < 4.78 is 26.4. The largest absolute Gasteiger partial charge is 0.480 e. The van der Waals surface area contributed by atoms with Crippen LogP contribution < -0.4 is 14.9 Å². The number of hydrogen-bond acceptors (Lipinski definition) is 5. The number of sulfonamides is 1. The van der Waals surface area contributed by atoms with Crippen molar-refractivity contribution < 1.29 is 18.3 Å². The highest BCUT2D eigenvalue weighted by molar-refractivity contribution is 7.90. The molecule has 8 nitrogen and oxygen atoms in total. The molecule has 0 spiro atoms. The lowest BCUT2D eigenvalue weighted by Crippen LogP contribution is -2.41. The summed E-state index contributed by atoms with van der Waals surface area (Å²) in [6.45, 7) is -0.518. The van der Waals surface area contributed by atoms with Gasteiger partial charge in [-0.25, -0.2) is 18.1 Å². The molecule has 3 N–H and O–H groups in total. The SMILES string of the molecule is CN(C)c1ccc2c(c1)S(=O)(=O)NC(=NCC(=O)O)N2. The molecule has 1 aromatic carbocycles. The minimum atomic E-state index is -3.76. The number of carbonyl (C=O) groups is 1. The van der Waals surface area contributed by atoms with Gasteiger partial charge in [-0.3, -0.25) is 4.79 Å². The van der Waals surface area contributed by atoms with Gasteiger partial charge in [0.15, 0.2) is 0 Å². The first-order valence-electron chi connectivity index (χ1n) is 5.67. The Labute approximate surface area is 116 Å². The first kappa shape index (κ1) is 14.1. The Morgan fingerprint density at radius 2 is 2.10 bits per heavy atom. The summed E-state index contributed by atoms with van der Waals surface area (Å²) in [6.07, 6.45) is 0. The van der Waals surface area contributed by atoms with Crippen molar-refractivity contribution in [3.63, 3.8) is 0 Å². The van der Waals surface area contributed by atoms with E-state index in [4.69, 9.17) is 5.11 Å². The van der Waals surface area contributed by atoms with E-state index in [9.17, 15) is 13.2 Å². The Hall–Kier alpha value is -2.29. The maximum absolute atomic E-state index is 12.1. The average molecular weight is 298 g/mol. The van der Waals surface area contributed by atoms with Gasteiger partial charge in [-0.15, -0.1) is 0 Å². The molecule has 2 rings (SSSR count). The van der Waals surface area contributed by atoms with Crippen LogP contribution in [0.4, 0.5) is 11.4 Å². The fourth-order valence-corrected chi connectivity index (χ4v) is 2.83. The van der Waals surface area contributed by atoms with Gasteiger partial charge in [0.2, 0.25) is 5.96 Å². The average Bonchev–Trinajstić information content (AvgIpc) is 2.35. The quantitative estimate of drug-likeness (QED) is 0.718. The molecular weight excluding hydrogens is 284 g/mol. The number of nitrogens with one attached hydrogen (secondary N) is 2. The van der Waals surface area contributed by atoms with Crippen LogP contribution in [0.2, 0.25) is 0 Å². The molecule has 0 saturated heterocycles. The molecule has 0 atom stereocenters. The van der Waals surface area contributed by atoms with Gasteiger partial charge in [-0.2, -0.15) is 0 Å². The van der Waals surface area contributed by atoms with Crippen molar-refractivity contribution in [2.24, 2.45) is 4.99 Å². The summed E-state index contributed by atoms with van der Waals surface area (Å²) in [6, 6.07) is 4.89. The molecular formula is C11H14N4O4S. The topological polar surface area (TPSA) is 111 Å². The highest BCUT2D eigenvalue weighted by Crippen LogP contribution is 2.28. The van der Waals surface area contributed by atoms with Crippen LogP contribution in [0, 0.1) is 0 Å². The van der Waals surface area contributed by atoms with E-state index >= 15 is 0 Å². The number of nitrogens with zero attached hydrogens (tertiary/aromatic N) is 2. The molecule has 0 unspecified atom stereocenters. The third kappa shape index (κ3) is 2.82. The summed E-state index contributed by atoms with van der Waals surface area (Å²) in [5.41, 5.74) is 1.10. The Morgan fingerprint density at radius 1 is 1.40 bits per heavy atom. The van der Waals surface area contributed by atoms with Crippen molar-refractivity contribution in [2.75, 3.05) is 30.9 Å². The lowest BCUT2D eigenvalue weighted by molar-refractivity contribution is -0.135. The number of aliphatic imine (C=N–C) groups is 1. The first-order chi connectivity index (χ1) is 9.29. The van der Waals surface area contributed by atoms with E-state index in [2.05, 4.69) is 15.0 Å². The smallest absolute Gasteiger partial charge is 0.325 e. The Bertz CT molecular complexity index is 682. The number of aliphatic carboxylic acids is 1. The minimum absolute atomic E-state index is 0.0953. The van der Waals surface area contributed by atoms with Gasteiger partial charge >= 0.3 is 5.97 Å². The van der Waals surface area contributed by atoms with Gasteiger partial charge < -0.3 is 15.3 Å². The van der Waals surface area contributed by atoms with Crippen LogP contribution in [-0.2, 0) is 14.8 Å². The van der Waals surface area contributed by atoms with Gasteiger partial charge in [0.1, 0.15) is 11.4 Å². The number of benzene rings is 1. The third-order valence-electron chi connectivity index (χ3n) is 2.63. The van der Waals surface area contributed by atoms with Crippen molar-refractivity contribution in [1.29, 1.82) is 0 Å². The molecule has 108 valence electrons. The second kappa shape index (κ2) is 5.00. The number of fused-ring (bicyclic) bond motifs is 1. The lowest BCUT2D eigenvalue weighted by Gasteiger charge is -2.23. The summed E-state index contributed by atoms with van der Waals surface area (Å²) >= 11 is 0. The Balaban J connectivity index is 2.42. The molecule has 1 aliphatic heterocycles. The molecule has 0 aliphatic carbocycles. The summed E-state index contributed by atoms with van der Waals surface area (Å²) in [5, 5.41) is 11.3. The zero-order valence-corrected chi connectivity index (χ0v) is 11.7. The number of rotatable bonds is 3. The fourth-order valence-electron chi connectivity index (χ4n) is 1.67. The van der Waals surface area contributed by atoms with Crippen molar-refractivity contribution in [1.82, 2.24) is 4.72 Å². The molecule has 0 fully saturated rings. The van der Waals surface area contributed by atoms with E-state index in [1.54, 1.807) is 31.1 Å². The number of carboxylic acids is 1. The normalized spacial score (nSPS) is 17.8. The molecule has 0 amide bonds. The van der Waals surface area contributed by atoms with Gasteiger partial charge in [-0.1, -0.05) is 0 Å². The number of guanidine groups is 1. The maximum Gasteiger partial charge on any atom is 0.325 e. The van der Waals surface area contributed by atoms with Crippen LogP contribution in [-0.4, -0.2) is 46.1 Å². The zero-order chi connectivity index (χ0) is 14.9. The molecule has 0 bridgehead atoms. The summed E-state index contributed by atoms with van der Waals surface area (Å²) in [5.74, 6) is -1.25. The van der Waals surface area contributed by atoms with Crippen LogP contribution in [0.1, 0.15) is 0 Å². The van der Waals surface area contributed by atoms with E-state index in [0.717, 1.165) is 5.69 Å². The minimum Gasteiger partial charge on any atom is -0.480 e. The third-order valence-corrected chi connectivity index (χ3v) is 4.01. The van der Waals surface area contributed by atoms with Crippen molar-refractivity contribution >= 4 is 33.3 Å². The van der Waals surface area contributed by atoms with E-state index in [0.29, 0.717) is 5.69 Å². The molecule has 0 saturated carbocycles. The van der Waals surface area contributed by atoms with Crippen LogP contribution in [0.15, 0.2) is 28.1 Å². The highest BCUT2D eigenvalue weighted by atomic mass is 32.2. The maximum atomic E-state index is 12.1. The predicted molar refractivity (Wildman–Crippen MR) is 74.7 cm³/mol. The fraction of sp³-hybridized carbons (Fsp3) is 0.273. The van der Waals surface area contributed by atoms with E-state index in [1.165, 1.54) is 6.07 Å². The van der Waals surface area contributed by atoms with Crippen LogP contribution in [0.25, 0.3) is 0 Å². The predicted octanol–water partition coefficient (Wildman–Crippen LogP) is -0.103. The van der Waals surface area contributed by atoms with E-state index < -0.39 is 22.5 Å². The van der Waals surface area contributed by atoms with Crippen molar-refractivity contribution in [3.05, 3.63) is 18.2 Å². The van der Waals surface area contributed by atoms with Gasteiger partial charge in [0.05, 0.1) is 5.69 Å². The standard InChI is InChI=1S/C11H14N4O4S/c1-15(2)7-3-4-8-9(5-7)20(18,19)14-11(13-8)12-6-10(16)17/h3-5H,6H2,1-2H3,(H,16,17)(H2,12,13,14). The number of hydrogen-bond donors (Lipinski definition) is 3. The van der Waals surface area contributed by atoms with Crippen molar-refractivity contribution in [2.45, 2.75) is 4.90 Å². The van der Waals surface area contributed by atoms with E-state index in [1.807, 2.05) is 0 Å². The molecule has 0 aromatic heterocycles. The summed E-state index contributed by atoms with van der Waals surface area (Å²) in [4.78, 5) is 16.0. The molecule has 9 heteroatoms. The van der Waals surface area contributed by atoms with E-state index in [-0.39, 0.29) is 10.9 Å². The van der Waals surface area contributed by atoms with Gasteiger partial charge in [0, 0.05) is 19.8 Å². The monoisotopic (exact) mass is 298 g/mol. The Morgan fingerprint density at radius 3 is 2.70 bits per heavy atom. The lowest BCUT2D eigenvalue weighted by atomic mass is 10.2. The molecule has 1 heterocycles. The molecule has 20 heavy (non-hydrogen) atoms. The van der Waals surface area contributed by atoms with Crippen LogP contribution in [0.5, 0.6) is 0 Å². The van der Waals surface area contributed by atoms with Crippen LogP contribution in [0.3, 0.4) is 0 Å². The van der Waals surface area contributed by atoms with Gasteiger partial charge in [0.25, 0.3) is 10.0 Å². The molecule has 1 aromatic rings. The highest BCUT2D eigenvalue weighted by Gasteiger charge is 2.27. The second-order valence-corrected chi connectivity index (χ2v) is 6.01. The van der Waals surface area contributed by atoms with Crippen LogP contribution >= 0.6 is 0 Å². The second-order valence-electron chi connectivity index (χ2n) is 4.36. The number of anilines is 2. The van der Waals surface area contributed by atoms with Gasteiger partial charge in [-0.05, 0) is 18.2 Å².